The Bertz CT molecular complexity index is 333. The Balaban J connectivity index is 3.03. The third-order valence-electron chi connectivity index (χ3n) is 2.20. The van der Waals surface area contributed by atoms with Crippen LogP contribution >= 0.6 is 27.5 Å². The first-order chi connectivity index (χ1) is 6.32. The zero-order valence-corrected chi connectivity index (χ0v) is 10.2. The highest BCUT2D eigenvalue weighted by molar-refractivity contribution is 9.10. The van der Waals surface area contributed by atoms with Gasteiger partial charge >= 0.3 is 0 Å². The molecule has 1 rings (SSSR count). The Morgan fingerprint density at radius 1 is 1.43 bits per heavy atom. The predicted molar refractivity (Wildman–Crippen MR) is 58.2 cm³/mol. The average molecular weight is 284 g/mol. The number of halogens is 4. The van der Waals surface area contributed by atoms with Crippen LogP contribution in [0, 0.1) is 0 Å². The Morgan fingerprint density at radius 2 is 2.00 bits per heavy atom. The van der Waals surface area contributed by atoms with Crippen LogP contribution in [0.5, 0.6) is 0 Å². The van der Waals surface area contributed by atoms with Crippen LogP contribution in [0.25, 0.3) is 0 Å². The van der Waals surface area contributed by atoms with Crippen LogP contribution in [0.3, 0.4) is 0 Å². The smallest absolute Gasteiger partial charge is 0.207 e. The van der Waals surface area contributed by atoms with Crippen LogP contribution in [0.4, 0.5) is 8.78 Å². The van der Waals surface area contributed by atoms with Gasteiger partial charge in [0.25, 0.3) is 5.92 Å². The number of benzene rings is 1. The maximum Gasteiger partial charge on any atom is 0.251 e. The molecule has 0 aliphatic rings. The van der Waals surface area contributed by atoms with E-state index in [1.54, 1.807) is 18.2 Å². The third kappa shape index (κ3) is 2.67. The van der Waals surface area contributed by atoms with Crippen molar-refractivity contribution in [3.05, 3.63) is 33.3 Å². The zero-order chi connectivity index (χ0) is 10.9. The van der Waals surface area contributed by atoms with E-state index >= 15 is 0 Å². The molecule has 0 radical (unpaired) electrons. The molecule has 1 aromatic carbocycles. The molecule has 0 saturated heterocycles. The molecular weight excluding hydrogens is 273 g/mol. The van der Waals surface area contributed by atoms with E-state index in [2.05, 4.69) is 15.9 Å². The summed E-state index contributed by atoms with van der Waals surface area (Å²) in [4.78, 5) is 0. The first kappa shape index (κ1) is 11.9. The van der Waals surface area contributed by atoms with Crippen molar-refractivity contribution in [2.24, 2.45) is 0 Å². The fourth-order valence-corrected chi connectivity index (χ4v) is 1.59. The van der Waals surface area contributed by atoms with Crippen LogP contribution in [0.1, 0.15) is 25.3 Å². The summed E-state index contributed by atoms with van der Waals surface area (Å²) >= 11 is 8.97. The van der Waals surface area contributed by atoms with Crippen molar-refractivity contribution in [1.29, 1.82) is 0 Å². The van der Waals surface area contributed by atoms with Gasteiger partial charge in [0.05, 0.1) is 5.02 Å². The average Bonchev–Trinajstić information content (AvgIpc) is 2.07. The molecule has 0 aromatic heterocycles. The lowest BCUT2D eigenvalue weighted by Gasteiger charge is -2.19. The first-order valence-electron chi connectivity index (χ1n) is 4.15. The molecule has 0 nitrogen and oxygen atoms in total. The van der Waals surface area contributed by atoms with Crippen LogP contribution < -0.4 is 0 Å². The minimum atomic E-state index is -2.72. The Morgan fingerprint density at radius 3 is 2.43 bits per heavy atom. The lowest BCUT2D eigenvalue weighted by atomic mass is 9.96. The summed E-state index contributed by atoms with van der Waals surface area (Å²) in [7, 11) is 0. The zero-order valence-electron chi connectivity index (χ0n) is 7.82. The van der Waals surface area contributed by atoms with E-state index in [4.69, 9.17) is 11.6 Å². The standard InChI is InChI=1S/C10H10BrClF2/c1-6(10(2,13)14)7-3-4-9(12)8(11)5-7/h3-6H,1-2H3. The summed E-state index contributed by atoms with van der Waals surface area (Å²) in [6, 6.07) is 4.86. The van der Waals surface area contributed by atoms with Gasteiger partial charge in [-0.3, -0.25) is 0 Å². The van der Waals surface area contributed by atoms with Gasteiger partial charge in [0, 0.05) is 10.4 Å². The highest BCUT2D eigenvalue weighted by atomic mass is 79.9. The Hall–Kier alpha value is -0.150. The highest BCUT2D eigenvalue weighted by Crippen LogP contribution is 2.35. The lowest BCUT2D eigenvalue weighted by molar-refractivity contribution is -0.00223. The second-order valence-corrected chi connectivity index (χ2v) is 4.61. The predicted octanol–water partition coefficient (Wildman–Crippen LogP) is 4.86. The van der Waals surface area contributed by atoms with Gasteiger partial charge in [-0.1, -0.05) is 24.6 Å². The van der Waals surface area contributed by atoms with Crippen molar-refractivity contribution >= 4 is 27.5 Å². The van der Waals surface area contributed by atoms with Crippen molar-refractivity contribution in [2.75, 3.05) is 0 Å². The van der Waals surface area contributed by atoms with Crippen molar-refractivity contribution in [1.82, 2.24) is 0 Å². The molecule has 4 heteroatoms. The number of rotatable bonds is 2. The molecule has 1 aromatic rings. The summed E-state index contributed by atoms with van der Waals surface area (Å²) in [6.07, 6.45) is 0. The molecular formula is C10H10BrClF2. The van der Waals surface area contributed by atoms with Gasteiger partial charge in [-0.15, -0.1) is 0 Å². The van der Waals surface area contributed by atoms with Crippen molar-refractivity contribution in [3.63, 3.8) is 0 Å². The summed E-state index contributed by atoms with van der Waals surface area (Å²) < 4.78 is 26.6. The molecule has 0 spiro atoms. The minimum absolute atomic E-state index is 0.528. The van der Waals surface area contributed by atoms with Crippen LogP contribution in [-0.2, 0) is 0 Å². The maximum atomic E-state index is 13.0. The molecule has 78 valence electrons. The van der Waals surface area contributed by atoms with E-state index < -0.39 is 11.8 Å². The Labute approximate surface area is 95.4 Å². The van der Waals surface area contributed by atoms with E-state index in [0.717, 1.165) is 6.92 Å². The molecule has 0 fully saturated rings. The molecule has 1 atom stereocenters. The highest BCUT2D eigenvalue weighted by Gasteiger charge is 2.31. The first-order valence-corrected chi connectivity index (χ1v) is 5.32. The summed E-state index contributed by atoms with van der Waals surface area (Å²) in [5.41, 5.74) is 0.578. The minimum Gasteiger partial charge on any atom is -0.207 e. The van der Waals surface area contributed by atoms with Gasteiger partial charge in [-0.25, -0.2) is 8.78 Å². The van der Waals surface area contributed by atoms with E-state index in [-0.39, 0.29) is 0 Å². The topological polar surface area (TPSA) is 0 Å². The number of alkyl halides is 2. The second kappa shape index (κ2) is 4.15. The second-order valence-electron chi connectivity index (χ2n) is 3.35. The van der Waals surface area contributed by atoms with E-state index in [1.807, 2.05) is 0 Å². The quantitative estimate of drug-likeness (QED) is 0.727. The SMILES string of the molecule is CC(c1ccc(Cl)c(Br)c1)C(C)(F)F. The van der Waals surface area contributed by atoms with Gasteiger partial charge in [0.1, 0.15) is 0 Å². The van der Waals surface area contributed by atoms with Crippen molar-refractivity contribution in [2.45, 2.75) is 25.7 Å². The molecule has 14 heavy (non-hydrogen) atoms. The third-order valence-corrected chi connectivity index (χ3v) is 3.42. The number of hydrogen-bond donors (Lipinski definition) is 0. The van der Waals surface area contributed by atoms with Crippen LogP contribution in [0.15, 0.2) is 22.7 Å². The molecule has 0 N–H and O–H groups in total. The van der Waals surface area contributed by atoms with Gasteiger partial charge in [-0.05, 0) is 40.5 Å². The number of hydrogen-bond acceptors (Lipinski definition) is 0. The normalized spacial score (nSPS) is 14.1. The van der Waals surface area contributed by atoms with Crippen molar-refractivity contribution < 1.29 is 8.78 Å². The van der Waals surface area contributed by atoms with Gasteiger partial charge in [0.2, 0.25) is 0 Å². The fraction of sp³-hybridized carbons (Fsp3) is 0.400. The van der Waals surface area contributed by atoms with E-state index in [9.17, 15) is 8.78 Å². The summed E-state index contributed by atoms with van der Waals surface area (Å²) in [5.74, 6) is -3.52. The molecule has 0 heterocycles. The summed E-state index contributed by atoms with van der Waals surface area (Å²) in [5, 5.41) is 0.528. The molecule has 0 amide bonds. The fourth-order valence-electron chi connectivity index (χ4n) is 1.07. The monoisotopic (exact) mass is 282 g/mol. The molecule has 0 saturated carbocycles. The van der Waals surface area contributed by atoms with E-state index in [0.29, 0.717) is 15.1 Å². The Kier molecular flexibility index (Phi) is 3.53. The maximum absolute atomic E-state index is 13.0. The van der Waals surface area contributed by atoms with Crippen molar-refractivity contribution in [3.8, 4) is 0 Å². The molecule has 1 unspecified atom stereocenters. The largest absolute Gasteiger partial charge is 0.251 e. The molecule has 0 aliphatic heterocycles. The van der Waals surface area contributed by atoms with Gasteiger partial charge < -0.3 is 0 Å². The van der Waals surface area contributed by atoms with Crippen LogP contribution in [0.2, 0.25) is 5.02 Å². The van der Waals surface area contributed by atoms with Gasteiger partial charge in [-0.2, -0.15) is 0 Å². The molecule has 0 aliphatic carbocycles. The van der Waals surface area contributed by atoms with Crippen LogP contribution in [-0.4, -0.2) is 5.92 Å². The van der Waals surface area contributed by atoms with Gasteiger partial charge in [0.15, 0.2) is 0 Å². The lowest BCUT2D eigenvalue weighted by Crippen LogP contribution is -2.19. The summed E-state index contributed by atoms with van der Waals surface area (Å²) in [6.45, 7) is 2.41. The van der Waals surface area contributed by atoms with E-state index in [1.165, 1.54) is 6.92 Å². The molecule has 0 bridgehead atoms.